The highest BCUT2D eigenvalue weighted by atomic mass is 32.2. The number of guanidine groups is 1. The number of ether oxygens (including phenoxy) is 3. The summed E-state index contributed by atoms with van der Waals surface area (Å²) in [5.41, 5.74) is 2.90. The first kappa shape index (κ1) is 36.6. The number of nitrogens with one attached hydrogen (secondary N) is 3. The zero-order chi connectivity index (χ0) is 32.4. The summed E-state index contributed by atoms with van der Waals surface area (Å²) in [5.74, 6) is -1.11. The van der Waals surface area contributed by atoms with Crippen molar-refractivity contribution in [3.8, 4) is 5.75 Å². The lowest BCUT2D eigenvalue weighted by Crippen LogP contribution is -2.48. The van der Waals surface area contributed by atoms with Gasteiger partial charge in [0.25, 0.3) is 0 Å². The fraction of sp³-hybridized carbons (Fsp3) is 0.630. The van der Waals surface area contributed by atoms with E-state index in [-0.39, 0.29) is 25.3 Å². The predicted octanol–water partition coefficient (Wildman–Crippen LogP) is 3.16. The van der Waals surface area contributed by atoms with Gasteiger partial charge in [-0.3, -0.25) is 10.3 Å². The van der Waals surface area contributed by atoms with Crippen LogP contribution >= 0.6 is 0 Å². The van der Waals surface area contributed by atoms with Gasteiger partial charge in [-0.2, -0.15) is 4.28 Å². The second-order valence-electron chi connectivity index (χ2n) is 11.4. The highest BCUT2D eigenvalue weighted by Gasteiger charge is 2.29. The standard InChI is InChI=1S/C27H44N4O10S/c1-15-14-19(38-10)16(2)17(3)21(15)42(37)41-31-23(30-25(36)40-27(7,8)9)28-13-11-12-18(20(32)22(33)34)29-24(35)39-26(4,5)6/h14,18,20,32H,11-13H2,1-10H3,(H,29,35)(H,33,34)(H2,28,30,31,36). The van der Waals surface area contributed by atoms with Gasteiger partial charge in [-0.25, -0.2) is 24.1 Å². The third kappa shape index (κ3) is 12.6. The number of aliphatic hydroxyl groups is 1. The van der Waals surface area contributed by atoms with E-state index in [1.165, 1.54) is 0 Å². The summed E-state index contributed by atoms with van der Waals surface area (Å²) < 4.78 is 34.2. The van der Waals surface area contributed by atoms with Crippen LogP contribution in [0.2, 0.25) is 0 Å². The first-order valence-corrected chi connectivity index (χ1v) is 14.3. The molecule has 0 radical (unpaired) electrons. The lowest BCUT2D eigenvalue weighted by molar-refractivity contribution is -0.148. The van der Waals surface area contributed by atoms with Crippen molar-refractivity contribution in [1.29, 1.82) is 0 Å². The second-order valence-corrected chi connectivity index (χ2v) is 12.5. The minimum Gasteiger partial charge on any atom is -0.496 e. The number of methoxy groups -OCH3 is 1. The summed E-state index contributed by atoms with van der Waals surface area (Å²) in [6.07, 6.45) is -3.50. The number of carbonyl (C=O) groups excluding carboxylic acids is 2. The molecule has 2 amide bonds. The van der Waals surface area contributed by atoms with Crippen molar-refractivity contribution >= 4 is 35.2 Å². The third-order valence-corrected chi connectivity index (χ3v) is 6.67. The number of carboxylic acid groups (broad SMARTS) is 1. The van der Waals surface area contributed by atoms with Crippen LogP contribution in [0.1, 0.15) is 71.1 Å². The summed E-state index contributed by atoms with van der Waals surface area (Å²) in [5, 5.41) is 24.1. The number of amides is 2. The number of alkyl carbamates (subject to hydrolysis) is 2. The number of hydrogen-bond donors (Lipinski definition) is 5. The van der Waals surface area contributed by atoms with Crippen LogP contribution in [0.4, 0.5) is 9.59 Å². The van der Waals surface area contributed by atoms with Gasteiger partial charge in [0.05, 0.1) is 18.0 Å². The number of aryl methyl sites for hydroxylation is 1. The molecule has 0 saturated heterocycles. The lowest BCUT2D eigenvalue weighted by atomic mass is 10.1. The molecule has 0 aliphatic heterocycles. The fourth-order valence-electron chi connectivity index (χ4n) is 3.55. The number of hydroxylamine groups is 1. The Bertz CT molecular complexity index is 1170. The molecule has 3 atom stereocenters. The topological polar surface area (TPSA) is 194 Å². The minimum absolute atomic E-state index is 0.00771. The van der Waals surface area contributed by atoms with Crippen LogP contribution in [0.3, 0.4) is 0 Å². The Morgan fingerprint density at radius 1 is 1.00 bits per heavy atom. The number of carboxylic acids is 1. The predicted molar refractivity (Wildman–Crippen MR) is 156 cm³/mol. The van der Waals surface area contributed by atoms with Crippen molar-refractivity contribution in [3.05, 3.63) is 22.8 Å². The van der Waals surface area contributed by atoms with E-state index < -0.39 is 52.6 Å². The summed E-state index contributed by atoms with van der Waals surface area (Å²) >= 11 is -2.02. The number of aliphatic carboxylic acids is 1. The zero-order valence-corrected chi connectivity index (χ0v) is 26.7. The van der Waals surface area contributed by atoms with Crippen LogP contribution in [0.5, 0.6) is 5.75 Å². The van der Waals surface area contributed by atoms with E-state index in [2.05, 4.69) is 21.1 Å². The van der Waals surface area contributed by atoms with Crippen LogP contribution in [0, 0.1) is 20.8 Å². The maximum atomic E-state index is 13.1. The molecule has 15 heteroatoms. The Morgan fingerprint density at radius 3 is 2.10 bits per heavy atom. The van der Waals surface area contributed by atoms with Crippen LogP contribution in [-0.2, 0) is 29.6 Å². The molecule has 0 saturated carbocycles. The van der Waals surface area contributed by atoms with Crippen LogP contribution in [-0.4, -0.2) is 75.5 Å². The van der Waals surface area contributed by atoms with Crippen molar-refractivity contribution in [2.75, 3.05) is 13.7 Å². The molecule has 1 rings (SSSR count). The molecule has 5 N–H and O–H groups in total. The Hall–Kier alpha value is -3.43. The molecule has 0 heterocycles. The van der Waals surface area contributed by atoms with E-state index in [1.54, 1.807) is 68.6 Å². The Labute approximate surface area is 249 Å². The number of rotatable bonds is 11. The second kappa shape index (κ2) is 15.7. The molecule has 0 bridgehead atoms. The van der Waals surface area contributed by atoms with Gasteiger partial charge in [0.1, 0.15) is 17.0 Å². The number of benzene rings is 1. The van der Waals surface area contributed by atoms with E-state index in [1.807, 2.05) is 6.92 Å². The van der Waals surface area contributed by atoms with Crippen molar-refractivity contribution in [2.45, 2.75) is 103 Å². The van der Waals surface area contributed by atoms with Gasteiger partial charge in [0.2, 0.25) is 17.0 Å². The molecule has 0 fully saturated rings. The summed E-state index contributed by atoms with van der Waals surface area (Å²) in [7, 11) is 1.54. The molecule has 1 aromatic rings. The average Bonchev–Trinajstić information content (AvgIpc) is 2.83. The summed E-state index contributed by atoms with van der Waals surface area (Å²) in [6.45, 7) is 15.3. The van der Waals surface area contributed by atoms with Crippen molar-refractivity contribution in [1.82, 2.24) is 16.1 Å². The highest BCUT2D eigenvalue weighted by molar-refractivity contribution is 7.80. The van der Waals surface area contributed by atoms with Crippen molar-refractivity contribution in [2.24, 2.45) is 4.99 Å². The maximum absolute atomic E-state index is 13.1. The number of aliphatic hydroxyl groups excluding tert-OH is 1. The van der Waals surface area contributed by atoms with Gasteiger partial charge >= 0.3 is 18.2 Å². The molecule has 14 nitrogen and oxygen atoms in total. The SMILES string of the molecule is COc1cc(C)c(S(=O)ONC(=NCCCC(NC(=O)OC(C)(C)C)C(O)C(=O)O)NC(=O)OC(C)(C)C)c(C)c1C. The largest absolute Gasteiger partial charge is 0.496 e. The third-order valence-electron chi connectivity index (χ3n) is 5.48. The molecule has 0 spiro atoms. The van der Waals surface area contributed by atoms with Gasteiger partial charge in [-0.15, -0.1) is 0 Å². The van der Waals surface area contributed by atoms with E-state index in [4.69, 9.17) is 18.5 Å². The number of nitrogens with zero attached hydrogens (tertiary/aromatic N) is 1. The first-order chi connectivity index (χ1) is 19.3. The molecule has 1 aromatic carbocycles. The van der Waals surface area contributed by atoms with Crippen LogP contribution in [0.15, 0.2) is 16.0 Å². The highest BCUT2D eigenvalue weighted by Crippen LogP contribution is 2.29. The average molecular weight is 617 g/mol. The Balaban J connectivity index is 3.06. The quantitative estimate of drug-likeness (QED) is 0.106. The molecule has 0 aliphatic carbocycles. The zero-order valence-electron chi connectivity index (χ0n) is 25.9. The van der Waals surface area contributed by atoms with Gasteiger partial charge in [0.15, 0.2) is 6.10 Å². The molecular weight excluding hydrogens is 572 g/mol. The van der Waals surface area contributed by atoms with Crippen molar-refractivity contribution < 1.29 is 47.3 Å². The minimum atomic E-state index is -2.02. The van der Waals surface area contributed by atoms with Gasteiger partial charge in [-0.1, -0.05) is 0 Å². The summed E-state index contributed by atoms with van der Waals surface area (Å²) in [4.78, 5) is 40.5. The lowest BCUT2D eigenvalue weighted by Gasteiger charge is -2.25. The van der Waals surface area contributed by atoms with E-state index in [0.717, 1.165) is 5.56 Å². The van der Waals surface area contributed by atoms with Gasteiger partial charge in [0, 0.05) is 6.54 Å². The van der Waals surface area contributed by atoms with Crippen LogP contribution in [0.25, 0.3) is 0 Å². The van der Waals surface area contributed by atoms with Crippen LogP contribution < -0.4 is 20.9 Å². The van der Waals surface area contributed by atoms with E-state index >= 15 is 0 Å². The Morgan fingerprint density at radius 2 is 1.57 bits per heavy atom. The van der Waals surface area contributed by atoms with Crippen molar-refractivity contribution in [3.63, 3.8) is 0 Å². The number of hydrogen-bond acceptors (Lipinski definition) is 10. The molecule has 3 unspecified atom stereocenters. The number of carbonyl (C=O) groups is 3. The summed E-state index contributed by atoms with van der Waals surface area (Å²) in [6, 6.07) is 0.552. The monoisotopic (exact) mass is 616 g/mol. The molecule has 238 valence electrons. The van der Waals surface area contributed by atoms with Gasteiger partial charge < -0.3 is 29.7 Å². The van der Waals surface area contributed by atoms with Gasteiger partial charge in [-0.05, 0) is 97.9 Å². The molecule has 0 aromatic heterocycles. The number of aliphatic imine (C=N–C) groups is 1. The smallest absolute Gasteiger partial charge is 0.414 e. The maximum Gasteiger partial charge on any atom is 0.414 e. The first-order valence-electron chi connectivity index (χ1n) is 13.2. The molecule has 42 heavy (non-hydrogen) atoms. The van der Waals surface area contributed by atoms with E-state index in [9.17, 15) is 28.8 Å². The normalized spacial score (nSPS) is 14.3. The Kier molecular flexibility index (Phi) is 13.7. The fourth-order valence-corrected chi connectivity index (χ4v) is 4.51. The van der Waals surface area contributed by atoms with E-state index in [0.29, 0.717) is 21.8 Å². The molecular formula is C27H44N4O10S. The molecule has 0 aliphatic rings.